The number of aliphatic hydroxyl groups is 1. The molecule has 0 amide bonds. The Bertz CT molecular complexity index is 909. The molecule has 3 N–H and O–H groups in total. The van der Waals surface area contributed by atoms with Gasteiger partial charge in [0.2, 0.25) is 0 Å². The molecule has 0 spiro atoms. The van der Waals surface area contributed by atoms with E-state index in [-0.39, 0.29) is 11.8 Å². The maximum absolute atomic E-state index is 10.4. The van der Waals surface area contributed by atoms with Crippen molar-refractivity contribution in [3.63, 3.8) is 0 Å². The molecule has 24 heavy (non-hydrogen) atoms. The first-order valence-corrected chi connectivity index (χ1v) is 7.93. The van der Waals surface area contributed by atoms with Crippen LogP contribution in [0.25, 0.3) is 16.6 Å². The molecule has 2 aromatic carbocycles. The molecule has 0 saturated carbocycles. The number of para-hydroxylation sites is 2. The van der Waals surface area contributed by atoms with E-state index in [0.717, 1.165) is 16.6 Å². The number of aromatic nitrogens is 2. The Balaban J connectivity index is 1.68. The predicted octanol–water partition coefficient (Wildman–Crippen LogP) is 3.89. The van der Waals surface area contributed by atoms with Gasteiger partial charge in [-0.05, 0) is 24.6 Å². The topological polar surface area (TPSA) is 76.0 Å². The van der Waals surface area contributed by atoms with Gasteiger partial charge >= 0.3 is 0 Å². The summed E-state index contributed by atoms with van der Waals surface area (Å²) in [5, 5.41) is 19.0. The van der Waals surface area contributed by atoms with E-state index in [4.69, 9.17) is 5.41 Å². The van der Waals surface area contributed by atoms with E-state index in [1.807, 2.05) is 66.4 Å². The van der Waals surface area contributed by atoms with Crippen molar-refractivity contribution in [1.29, 1.82) is 5.41 Å². The summed E-state index contributed by atoms with van der Waals surface area (Å²) in [6, 6.07) is 17.7. The number of aliphatic hydroxyl groups excluding tert-OH is 1. The third-order valence-corrected chi connectivity index (χ3v) is 4.51. The second-order valence-electron chi connectivity index (χ2n) is 5.99. The van der Waals surface area contributed by atoms with Crippen molar-refractivity contribution in [1.82, 2.24) is 14.9 Å². The van der Waals surface area contributed by atoms with Crippen LogP contribution in [0.15, 0.2) is 60.4 Å². The zero-order chi connectivity index (χ0) is 16.7. The van der Waals surface area contributed by atoms with Gasteiger partial charge in [0.15, 0.2) is 0 Å². The summed E-state index contributed by atoms with van der Waals surface area (Å²) in [5.74, 6) is 1.02. The van der Waals surface area contributed by atoms with Crippen molar-refractivity contribution in [3.05, 3.63) is 71.7 Å². The number of rotatable bonds is 3. The average molecular weight is 318 g/mol. The minimum absolute atomic E-state index is 0.00253. The van der Waals surface area contributed by atoms with Crippen LogP contribution in [0.4, 0.5) is 0 Å². The van der Waals surface area contributed by atoms with Gasteiger partial charge < -0.3 is 15.0 Å². The number of nitrogens with zero attached hydrogens (tertiary/aromatic N) is 2. The number of hydrogen-bond acceptors (Lipinski definition) is 3. The molecule has 0 aliphatic carbocycles. The van der Waals surface area contributed by atoms with E-state index in [2.05, 4.69) is 9.97 Å². The molecule has 1 aliphatic rings. The summed E-state index contributed by atoms with van der Waals surface area (Å²) >= 11 is 0. The van der Waals surface area contributed by atoms with E-state index in [0.29, 0.717) is 23.8 Å². The smallest absolute Gasteiger partial charge is 0.145 e. The van der Waals surface area contributed by atoms with Crippen LogP contribution < -0.4 is 0 Å². The van der Waals surface area contributed by atoms with Crippen LogP contribution in [0.2, 0.25) is 0 Å². The lowest BCUT2D eigenvalue weighted by Gasteiger charge is -2.26. The van der Waals surface area contributed by atoms with Gasteiger partial charge in [-0.1, -0.05) is 42.5 Å². The van der Waals surface area contributed by atoms with Gasteiger partial charge in [-0.2, -0.15) is 0 Å². The van der Waals surface area contributed by atoms with Gasteiger partial charge in [0.25, 0.3) is 0 Å². The Labute approximate surface area is 139 Å². The zero-order valence-electron chi connectivity index (χ0n) is 13.3. The summed E-state index contributed by atoms with van der Waals surface area (Å²) < 4.78 is 0. The molecule has 2 heterocycles. The number of nitrogens with one attached hydrogen (secondary N) is 2. The standard InChI is InChI=1S/C19H18N4O/c1-12(13-7-3-2-4-8-13)23-11-16(24)17(18(23)20)19-21-14-9-5-6-10-15(14)22-19/h2-10,12,20,24H,11H2,1H3,(H,21,22). The highest BCUT2D eigenvalue weighted by Gasteiger charge is 2.33. The molecule has 5 heteroatoms. The van der Waals surface area contributed by atoms with Crippen molar-refractivity contribution >= 4 is 22.4 Å². The molecule has 0 bridgehead atoms. The van der Waals surface area contributed by atoms with Gasteiger partial charge in [0.1, 0.15) is 17.4 Å². The summed E-state index contributed by atoms with van der Waals surface area (Å²) in [6.45, 7) is 2.36. The molecule has 1 atom stereocenters. The molecule has 0 saturated heterocycles. The van der Waals surface area contributed by atoms with E-state index in [1.165, 1.54) is 0 Å². The molecule has 120 valence electrons. The van der Waals surface area contributed by atoms with Crippen molar-refractivity contribution in [2.75, 3.05) is 6.54 Å². The van der Waals surface area contributed by atoms with Crippen molar-refractivity contribution in [2.24, 2.45) is 0 Å². The molecule has 0 fully saturated rings. The van der Waals surface area contributed by atoms with Crippen molar-refractivity contribution < 1.29 is 5.11 Å². The van der Waals surface area contributed by atoms with Gasteiger partial charge in [-0.15, -0.1) is 0 Å². The van der Waals surface area contributed by atoms with E-state index in [9.17, 15) is 5.11 Å². The summed E-state index contributed by atoms with van der Waals surface area (Å²) in [5.41, 5.74) is 3.32. The Kier molecular flexibility index (Phi) is 3.34. The first-order chi connectivity index (χ1) is 11.6. The third kappa shape index (κ3) is 2.25. The molecule has 0 radical (unpaired) electrons. The number of amidine groups is 1. The number of hydrogen-bond donors (Lipinski definition) is 3. The molecule has 4 rings (SSSR count). The largest absolute Gasteiger partial charge is 0.510 e. The molecule has 5 nitrogen and oxygen atoms in total. The summed E-state index contributed by atoms with van der Waals surface area (Å²) in [7, 11) is 0. The highest BCUT2D eigenvalue weighted by Crippen LogP contribution is 2.32. The molecule has 1 aromatic heterocycles. The highest BCUT2D eigenvalue weighted by molar-refractivity contribution is 6.23. The van der Waals surface area contributed by atoms with E-state index >= 15 is 0 Å². The lowest BCUT2D eigenvalue weighted by molar-refractivity contribution is 0.310. The molecular formula is C19H18N4O. The van der Waals surface area contributed by atoms with Gasteiger partial charge in [-0.25, -0.2) is 4.98 Å². The maximum Gasteiger partial charge on any atom is 0.145 e. The molecule has 1 unspecified atom stereocenters. The van der Waals surface area contributed by atoms with E-state index < -0.39 is 0 Å². The predicted molar refractivity (Wildman–Crippen MR) is 94.9 cm³/mol. The SMILES string of the molecule is CC(c1ccccc1)N1CC(O)=C(c2nc3ccccc3[nH]2)C1=N. The van der Waals surface area contributed by atoms with Crippen molar-refractivity contribution in [3.8, 4) is 0 Å². The number of fused-ring (bicyclic) bond motifs is 1. The van der Waals surface area contributed by atoms with Crippen LogP contribution in [0.5, 0.6) is 0 Å². The van der Waals surface area contributed by atoms with Crippen LogP contribution >= 0.6 is 0 Å². The first-order valence-electron chi connectivity index (χ1n) is 7.93. The van der Waals surface area contributed by atoms with Crippen LogP contribution in [0.1, 0.15) is 24.4 Å². The number of imidazole rings is 1. The fraction of sp³-hybridized carbons (Fsp3) is 0.158. The third-order valence-electron chi connectivity index (χ3n) is 4.51. The van der Waals surface area contributed by atoms with Crippen LogP contribution in [-0.4, -0.2) is 32.4 Å². The highest BCUT2D eigenvalue weighted by atomic mass is 16.3. The van der Waals surface area contributed by atoms with Gasteiger partial charge in [0, 0.05) is 0 Å². The minimum Gasteiger partial charge on any atom is -0.510 e. The Morgan fingerprint density at radius 1 is 1.12 bits per heavy atom. The van der Waals surface area contributed by atoms with Crippen LogP contribution in [0, 0.1) is 5.41 Å². The first kappa shape index (κ1) is 14.5. The fourth-order valence-corrected chi connectivity index (χ4v) is 3.16. The summed E-state index contributed by atoms with van der Waals surface area (Å²) in [6.07, 6.45) is 0. The Hall–Kier alpha value is -3.08. The number of benzene rings is 2. The lowest BCUT2D eigenvalue weighted by atomic mass is 10.1. The normalized spacial score (nSPS) is 16.2. The van der Waals surface area contributed by atoms with Gasteiger partial charge in [0.05, 0.1) is 29.2 Å². The minimum atomic E-state index is 0.00253. The van der Waals surface area contributed by atoms with Crippen LogP contribution in [-0.2, 0) is 0 Å². The molecule has 1 aliphatic heterocycles. The number of aromatic amines is 1. The average Bonchev–Trinajstić information content (AvgIpc) is 3.15. The summed E-state index contributed by atoms with van der Waals surface area (Å²) in [4.78, 5) is 9.60. The second kappa shape index (κ2) is 5.53. The fourth-order valence-electron chi connectivity index (χ4n) is 3.16. The van der Waals surface area contributed by atoms with E-state index in [1.54, 1.807) is 0 Å². The quantitative estimate of drug-likeness (QED) is 0.686. The zero-order valence-corrected chi connectivity index (χ0v) is 13.3. The molecular weight excluding hydrogens is 300 g/mol. The van der Waals surface area contributed by atoms with Gasteiger partial charge in [-0.3, -0.25) is 5.41 Å². The Morgan fingerprint density at radius 3 is 2.58 bits per heavy atom. The molecule has 3 aromatic rings. The monoisotopic (exact) mass is 318 g/mol. The van der Waals surface area contributed by atoms with Crippen LogP contribution in [0.3, 0.4) is 0 Å². The second-order valence-corrected chi connectivity index (χ2v) is 5.99. The maximum atomic E-state index is 10.4. The Morgan fingerprint density at radius 2 is 1.83 bits per heavy atom. The number of H-pyrrole nitrogens is 1. The lowest BCUT2D eigenvalue weighted by Crippen LogP contribution is -2.29. The van der Waals surface area contributed by atoms with Crippen molar-refractivity contribution in [2.45, 2.75) is 13.0 Å².